The number of hydrogen-bond acceptors (Lipinski definition) is 4. The third-order valence-corrected chi connectivity index (χ3v) is 5.36. The maximum absolute atomic E-state index is 12.2. The Kier molecular flexibility index (Phi) is 4.92. The Morgan fingerprint density at radius 2 is 1.87 bits per heavy atom. The molecule has 0 bridgehead atoms. The van der Waals surface area contributed by atoms with Gasteiger partial charge in [0, 0.05) is 45.6 Å². The molecule has 3 fully saturated rings. The van der Waals surface area contributed by atoms with Gasteiger partial charge in [-0.05, 0) is 38.0 Å². The molecular weight excluding hydrogens is 294 g/mol. The van der Waals surface area contributed by atoms with Crippen molar-refractivity contribution in [3.63, 3.8) is 0 Å². The second-order valence-electron chi connectivity index (χ2n) is 7.69. The maximum atomic E-state index is 12.2. The first-order valence-corrected chi connectivity index (χ1v) is 8.93. The molecule has 3 rings (SSSR count). The van der Waals surface area contributed by atoms with Crippen molar-refractivity contribution >= 4 is 11.8 Å². The number of likely N-dealkylation sites (tertiary alicyclic amines) is 2. The molecule has 2 amide bonds. The van der Waals surface area contributed by atoms with E-state index in [1.807, 2.05) is 4.90 Å². The Morgan fingerprint density at radius 3 is 2.48 bits per heavy atom. The van der Waals surface area contributed by atoms with Crippen LogP contribution in [0.3, 0.4) is 0 Å². The Morgan fingerprint density at radius 1 is 1.17 bits per heavy atom. The number of carbonyl (C=O) groups excluding carboxylic acids is 2. The van der Waals surface area contributed by atoms with Gasteiger partial charge in [-0.2, -0.15) is 0 Å². The van der Waals surface area contributed by atoms with Crippen LogP contribution in [0.25, 0.3) is 0 Å². The van der Waals surface area contributed by atoms with E-state index in [0.29, 0.717) is 38.4 Å². The quantitative estimate of drug-likeness (QED) is 0.766. The zero-order valence-electron chi connectivity index (χ0n) is 14.1. The van der Waals surface area contributed by atoms with Crippen LogP contribution < -0.4 is 5.32 Å². The fourth-order valence-corrected chi connectivity index (χ4v) is 3.84. The van der Waals surface area contributed by atoms with Gasteiger partial charge in [0.2, 0.25) is 11.8 Å². The van der Waals surface area contributed by atoms with Crippen LogP contribution in [0.4, 0.5) is 0 Å². The zero-order chi connectivity index (χ0) is 16.4. The molecule has 1 saturated carbocycles. The molecule has 0 aromatic heterocycles. The van der Waals surface area contributed by atoms with Crippen LogP contribution >= 0.6 is 0 Å². The average Bonchev–Trinajstić information content (AvgIpc) is 3.21. The van der Waals surface area contributed by atoms with Crippen LogP contribution in [-0.4, -0.2) is 71.1 Å². The van der Waals surface area contributed by atoms with Gasteiger partial charge in [0.25, 0.3) is 0 Å². The highest BCUT2D eigenvalue weighted by Gasteiger charge is 2.40. The Labute approximate surface area is 138 Å². The number of β-amino-alcohol motifs (C(OH)–C–C–N with tert-alkyl or cyclic N) is 1. The van der Waals surface area contributed by atoms with E-state index >= 15 is 0 Å². The molecule has 2 aliphatic heterocycles. The first kappa shape index (κ1) is 16.7. The van der Waals surface area contributed by atoms with Crippen LogP contribution in [0.15, 0.2) is 0 Å². The van der Waals surface area contributed by atoms with Gasteiger partial charge in [0.05, 0.1) is 12.1 Å². The number of nitrogens with zero attached hydrogens (tertiary/aromatic N) is 2. The van der Waals surface area contributed by atoms with Crippen LogP contribution in [0.2, 0.25) is 0 Å². The van der Waals surface area contributed by atoms with Gasteiger partial charge >= 0.3 is 0 Å². The van der Waals surface area contributed by atoms with Crippen molar-refractivity contribution in [2.24, 2.45) is 5.92 Å². The Bertz CT molecular complexity index is 458. The van der Waals surface area contributed by atoms with E-state index in [1.54, 1.807) is 6.92 Å². The van der Waals surface area contributed by atoms with Crippen molar-refractivity contribution in [3.05, 3.63) is 0 Å². The molecule has 6 heteroatoms. The minimum Gasteiger partial charge on any atom is -0.387 e. The van der Waals surface area contributed by atoms with Gasteiger partial charge in [-0.25, -0.2) is 0 Å². The predicted octanol–water partition coefficient (Wildman–Crippen LogP) is 0.350. The SMILES string of the molecule is CC(=O)NC1CCN(C[C@@]2(O)CCN(C(=O)CC3CC3)C2)CC1. The molecule has 23 heavy (non-hydrogen) atoms. The lowest BCUT2D eigenvalue weighted by molar-refractivity contribution is -0.131. The Balaban J connectivity index is 1.43. The molecule has 0 radical (unpaired) electrons. The van der Waals surface area contributed by atoms with Gasteiger partial charge in [-0.15, -0.1) is 0 Å². The molecule has 0 spiro atoms. The molecule has 0 unspecified atom stereocenters. The monoisotopic (exact) mass is 323 g/mol. The number of rotatable bonds is 5. The maximum Gasteiger partial charge on any atom is 0.222 e. The number of amides is 2. The van der Waals surface area contributed by atoms with Crippen LogP contribution in [0.1, 0.15) is 45.4 Å². The molecule has 2 saturated heterocycles. The third kappa shape index (κ3) is 4.67. The van der Waals surface area contributed by atoms with E-state index in [9.17, 15) is 14.7 Å². The number of aliphatic hydroxyl groups is 1. The summed E-state index contributed by atoms with van der Waals surface area (Å²) < 4.78 is 0. The highest BCUT2D eigenvalue weighted by molar-refractivity contribution is 5.77. The summed E-state index contributed by atoms with van der Waals surface area (Å²) in [6.45, 7) is 5.13. The van der Waals surface area contributed by atoms with Crippen molar-refractivity contribution in [2.75, 3.05) is 32.7 Å². The van der Waals surface area contributed by atoms with Gasteiger partial charge in [-0.1, -0.05) is 0 Å². The molecule has 3 aliphatic rings. The summed E-state index contributed by atoms with van der Waals surface area (Å²) in [6.07, 6.45) is 5.58. The fourth-order valence-electron chi connectivity index (χ4n) is 3.84. The second-order valence-corrected chi connectivity index (χ2v) is 7.69. The average molecular weight is 323 g/mol. The minimum absolute atomic E-state index is 0.0303. The van der Waals surface area contributed by atoms with Crippen LogP contribution in [-0.2, 0) is 9.59 Å². The van der Waals surface area contributed by atoms with E-state index in [2.05, 4.69) is 10.2 Å². The van der Waals surface area contributed by atoms with E-state index in [-0.39, 0.29) is 17.9 Å². The molecule has 0 aromatic carbocycles. The van der Waals surface area contributed by atoms with Crippen molar-refractivity contribution < 1.29 is 14.7 Å². The van der Waals surface area contributed by atoms with E-state index in [1.165, 1.54) is 12.8 Å². The lowest BCUT2D eigenvalue weighted by Gasteiger charge is -2.36. The van der Waals surface area contributed by atoms with Crippen molar-refractivity contribution in [1.29, 1.82) is 0 Å². The molecule has 2 N–H and O–H groups in total. The smallest absolute Gasteiger partial charge is 0.222 e. The topological polar surface area (TPSA) is 72.9 Å². The van der Waals surface area contributed by atoms with Gasteiger partial charge in [0.1, 0.15) is 0 Å². The number of hydrogen-bond donors (Lipinski definition) is 2. The predicted molar refractivity (Wildman–Crippen MR) is 86.8 cm³/mol. The second kappa shape index (κ2) is 6.77. The van der Waals surface area contributed by atoms with Crippen LogP contribution in [0.5, 0.6) is 0 Å². The summed E-state index contributed by atoms with van der Waals surface area (Å²) in [5.74, 6) is 0.847. The van der Waals surface area contributed by atoms with Crippen molar-refractivity contribution in [2.45, 2.75) is 57.1 Å². The van der Waals surface area contributed by atoms with E-state index in [0.717, 1.165) is 25.9 Å². The first-order chi connectivity index (χ1) is 10.9. The summed E-state index contributed by atoms with van der Waals surface area (Å²) in [5.41, 5.74) is -0.764. The number of nitrogens with one attached hydrogen (secondary N) is 1. The highest BCUT2D eigenvalue weighted by atomic mass is 16.3. The molecule has 1 aliphatic carbocycles. The number of piperidine rings is 1. The standard InChI is InChI=1S/C17H29N3O3/c1-13(21)18-15-4-7-19(8-5-15)11-17(23)6-9-20(12-17)16(22)10-14-2-3-14/h14-15,23H,2-12H2,1H3,(H,18,21)/t17-/m0/s1. The molecule has 6 nitrogen and oxygen atoms in total. The third-order valence-electron chi connectivity index (χ3n) is 5.36. The molecule has 0 aromatic rings. The molecule has 2 heterocycles. The molecule has 1 atom stereocenters. The fraction of sp³-hybridized carbons (Fsp3) is 0.882. The summed E-state index contributed by atoms with van der Waals surface area (Å²) in [4.78, 5) is 27.4. The van der Waals surface area contributed by atoms with Gasteiger partial charge < -0.3 is 20.2 Å². The van der Waals surface area contributed by atoms with Crippen LogP contribution in [0, 0.1) is 5.92 Å². The normalized spacial score (nSPS) is 29.7. The molecule has 130 valence electrons. The lowest BCUT2D eigenvalue weighted by Crippen LogP contribution is -2.50. The Hall–Kier alpha value is -1.14. The first-order valence-electron chi connectivity index (χ1n) is 8.93. The van der Waals surface area contributed by atoms with Gasteiger partial charge in [0.15, 0.2) is 0 Å². The summed E-state index contributed by atoms with van der Waals surface area (Å²) in [6, 6.07) is 0.263. The van der Waals surface area contributed by atoms with Crippen molar-refractivity contribution in [1.82, 2.24) is 15.1 Å². The molecular formula is C17H29N3O3. The summed E-state index contributed by atoms with van der Waals surface area (Å²) >= 11 is 0. The lowest BCUT2D eigenvalue weighted by atomic mass is 9.99. The van der Waals surface area contributed by atoms with E-state index < -0.39 is 5.60 Å². The van der Waals surface area contributed by atoms with Gasteiger partial charge in [-0.3, -0.25) is 9.59 Å². The largest absolute Gasteiger partial charge is 0.387 e. The van der Waals surface area contributed by atoms with E-state index in [4.69, 9.17) is 0 Å². The minimum atomic E-state index is -0.764. The highest BCUT2D eigenvalue weighted by Crippen LogP contribution is 2.34. The summed E-state index contributed by atoms with van der Waals surface area (Å²) in [5, 5.41) is 13.8. The number of carbonyl (C=O) groups is 2. The zero-order valence-corrected chi connectivity index (χ0v) is 14.1. The summed E-state index contributed by atoms with van der Waals surface area (Å²) in [7, 11) is 0. The van der Waals surface area contributed by atoms with Crippen molar-refractivity contribution in [3.8, 4) is 0 Å².